The second-order valence-corrected chi connectivity index (χ2v) is 7.31. The highest BCUT2D eigenvalue weighted by atomic mass is 79.9. The third kappa shape index (κ3) is 5.20. The number of hydrogen-bond donors (Lipinski definition) is 2. The van der Waals surface area contributed by atoms with Crippen LogP contribution in [0.3, 0.4) is 0 Å². The van der Waals surface area contributed by atoms with Crippen LogP contribution in [0.5, 0.6) is 11.5 Å². The SMILES string of the molecule is COc1cc(Br)c(CNCC2CN(Cc3ccccc3)CCO2)cc1O. The van der Waals surface area contributed by atoms with Gasteiger partial charge in [0.2, 0.25) is 0 Å². The molecule has 5 nitrogen and oxygen atoms in total. The molecule has 0 radical (unpaired) electrons. The molecular formula is C20H25BrN2O3. The van der Waals surface area contributed by atoms with E-state index in [-0.39, 0.29) is 11.9 Å². The number of morpholine rings is 1. The highest BCUT2D eigenvalue weighted by Crippen LogP contribution is 2.32. The molecule has 2 aromatic rings. The molecule has 140 valence electrons. The van der Waals surface area contributed by atoms with Gasteiger partial charge in [0.1, 0.15) is 0 Å². The molecule has 0 bridgehead atoms. The van der Waals surface area contributed by atoms with E-state index < -0.39 is 0 Å². The Kier molecular flexibility index (Phi) is 6.91. The summed E-state index contributed by atoms with van der Waals surface area (Å²) in [5, 5.41) is 13.4. The molecule has 1 heterocycles. The lowest BCUT2D eigenvalue weighted by Crippen LogP contribution is -2.46. The molecule has 0 spiro atoms. The van der Waals surface area contributed by atoms with Crippen molar-refractivity contribution in [1.82, 2.24) is 10.2 Å². The monoisotopic (exact) mass is 420 g/mol. The number of phenolic OH excluding ortho intramolecular Hbond substituents is 1. The summed E-state index contributed by atoms with van der Waals surface area (Å²) in [4.78, 5) is 2.43. The fourth-order valence-electron chi connectivity index (χ4n) is 3.14. The van der Waals surface area contributed by atoms with Gasteiger partial charge in [-0.3, -0.25) is 4.90 Å². The molecule has 0 saturated carbocycles. The van der Waals surface area contributed by atoms with Crippen LogP contribution in [0.2, 0.25) is 0 Å². The normalized spacial score (nSPS) is 18.0. The number of nitrogens with one attached hydrogen (secondary N) is 1. The topological polar surface area (TPSA) is 54.0 Å². The minimum absolute atomic E-state index is 0.149. The Hall–Kier alpha value is -1.60. The van der Waals surface area contributed by atoms with Crippen molar-refractivity contribution >= 4 is 15.9 Å². The summed E-state index contributed by atoms with van der Waals surface area (Å²) in [7, 11) is 1.54. The standard InChI is InChI=1S/C20H25BrN2O3/c1-25-20-10-18(21)16(9-19(20)24)11-22-12-17-14-23(7-8-26-17)13-15-5-3-2-4-6-15/h2-6,9-10,17,22,24H,7-8,11-14H2,1H3. The van der Waals surface area contributed by atoms with E-state index >= 15 is 0 Å². The van der Waals surface area contributed by atoms with Crippen LogP contribution >= 0.6 is 15.9 Å². The van der Waals surface area contributed by atoms with Crippen molar-refractivity contribution in [3.63, 3.8) is 0 Å². The summed E-state index contributed by atoms with van der Waals surface area (Å²) in [6, 6.07) is 14.0. The molecule has 1 aliphatic heterocycles. The molecule has 2 N–H and O–H groups in total. The molecule has 1 fully saturated rings. The number of benzene rings is 2. The maximum absolute atomic E-state index is 9.93. The number of phenols is 1. The van der Waals surface area contributed by atoms with Crippen molar-refractivity contribution < 1.29 is 14.6 Å². The predicted molar refractivity (Wildman–Crippen MR) is 106 cm³/mol. The van der Waals surface area contributed by atoms with Gasteiger partial charge in [0.25, 0.3) is 0 Å². The van der Waals surface area contributed by atoms with Gasteiger partial charge in [-0.1, -0.05) is 46.3 Å². The molecule has 26 heavy (non-hydrogen) atoms. The van der Waals surface area contributed by atoms with Gasteiger partial charge in [-0.25, -0.2) is 0 Å². The molecule has 0 aromatic heterocycles. The van der Waals surface area contributed by atoms with Crippen molar-refractivity contribution in [1.29, 1.82) is 0 Å². The van der Waals surface area contributed by atoms with E-state index in [2.05, 4.69) is 50.4 Å². The highest BCUT2D eigenvalue weighted by molar-refractivity contribution is 9.10. The van der Waals surface area contributed by atoms with Gasteiger partial charge in [0.05, 0.1) is 19.8 Å². The van der Waals surface area contributed by atoms with Crippen LogP contribution in [0.4, 0.5) is 0 Å². The summed E-state index contributed by atoms with van der Waals surface area (Å²) < 4.78 is 11.9. The number of hydrogen-bond acceptors (Lipinski definition) is 5. The third-order valence-electron chi connectivity index (χ3n) is 4.51. The van der Waals surface area contributed by atoms with Crippen LogP contribution in [0.15, 0.2) is 46.9 Å². The number of methoxy groups -OCH3 is 1. The first kappa shape index (κ1) is 19.2. The van der Waals surface area contributed by atoms with E-state index in [0.29, 0.717) is 12.3 Å². The Bertz CT molecular complexity index is 712. The molecule has 1 saturated heterocycles. The lowest BCUT2D eigenvalue weighted by atomic mass is 10.1. The summed E-state index contributed by atoms with van der Waals surface area (Å²) in [5.41, 5.74) is 2.32. The molecular weight excluding hydrogens is 396 g/mol. The van der Waals surface area contributed by atoms with Gasteiger partial charge < -0.3 is 19.9 Å². The van der Waals surface area contributed by atoms with E-state index in [1.165, 1.54) is 5.56 Å². The number of aromatic hydroxyl groups is 1. The molecule has 3 rings (SSSR count). The third-order valence-corrected chi connectivity index (χ3v) is 5.25. The number of halogens is 1. The van der Waals surface area contributed by atoms with Crippen LogP contribution in [0.1, 0.15) is 11.1 Å². The molecule has 2 aromatic carbocycles. The zero-order valence-corrected chi connectivity index (χ0v) is 16.5. The molecule has 6 heteroatoms. The Morgan fingerprint density at radius 1 is 1.31 bits per heavy atom. The highest BCUT2D eigenvalue weighted by Gasteiger charge is 2.20. The lowest BCUT2D eigenvalue weighted by molar-refractivity contribution is -0.0300. The second kappa shape index (κ2) is 9.37. The van der Waals surface area contributed by atoms with E-state index in [0.717, 1.165) is 42.8 Å². The molecule has 1 aliphatic rings. The zero-order chi connectivity index (χ0) is 18.4. The molecule has 0 aliphatic carbocycles. The maximum atomic E-state index is 9.93. The van der Waals surface area contributed by atoms with Crippen molar-refractivity contribution in [2.45, 2.75) is 19.2 Å². The van der Waals surface area contributed by atoms with Crippen molar-refractivity contribution in [2.24, 2.45) is 0 Å². The Morgan fingerprint density at radius 2 is 2.12 bits per heavy atom. The smallest absolute Gasteiger partial charge is 0.161 e. The minimum atomic E-state index is 0.149. The summed E-state index contributed by atoms with van der Waals surface area (Å²) in [5.74, 6) is 0.614. The second-order valence-electron chi connectivity index (χ2n) is 6.46. The molecule has 0 amide bonds. The first-order chi connectivity index (χ1) is 12.7. The van der Waals surface area contributed by atoms with E-state index in [1.807, 2.05) is 6.07 Å². The van der Waals surface area contributed by atoms with E-state index in [4.69, 9.17) is 9.47 Å². The number of ether oxygens (including phenoxy) is 2. The Labute approximate surface area is 163 Å². The molecule has 1 atom stereocenters. The van der Waals surface area contributed by atoms with Crippen molar-refractivity contribution in [2.75, 3.05) is 33.4 Å². The van der Waals surface area contributed by atoms with Crippen LogP contribution in [0, 0.1) is 0 Å². The average molecular weight is 421 g/mol. The zero-order valence-electron chi connectivity index (χ0n) is 15.0. The summed E-state index contributed by atoms with van der Waals surface area (Å²) >= 11 is 3.52. The fraction of sp³-hybridized carbons (Fsp3) is 0.400. The average Bonchev–Trinajstić information content (AvgIpc) is 2.65. The fourth-order valence-corrected chi connectivity index (χ4v) is 3.61. The minimum Gasteiger partial charge on any atom is -0.504 e. The first-order valence-electron chi connectivity index (χ1n) is 8.79. The Balaban J connectivity index is 1.48. The quantitative estimate of drug-likeness (QED) is 0.720. The summed E-state index contributed by atoms with van der Waals surface area (Å²) in [6.07, 6.45) is 0.165. The number of rotatable bonds is 7. The Morgan fingerprint density at radius 3 is 2.88 bits per heavy atom. The van der Waals surface area contributed by atoms with Gasteiger partial charge >= 0.3 is 0 Å². The van der Waals surface area contributed by atoms with Crippen molar-refractivity contribution in [3.8, 4) is 11.5 Å². The van der Waals surface area contributed by atoms with Crippen LogP contribution in [-0.4, -0.2) is 49.5 Å². The van der Waals surface area contributed by atoms with Crippen LogP contribution in [0.25, 0.3) is 0 Å². The van der Waals surface area contributed by atoms with Crippen molar-refractivity contribution in [3.05, 3.63) is 58.1 Å². The number of nitrogens with zero attached hydrogens (tertiary/aromatic N) is 1. The lowest BCUT2D eigenvalue weighted by Gasteiger charge is -2.33. The van der Waals surface area contributed by atoms with Gasteiger partial charge in [0, 0.05) is 37.2 Å². The van der Waals surface area contributed by atoms with E-state index in [9.17, 15) is 5.11 Å². The maximum Gasteiger partial charge on any atom is 0.161 e. The molecule has 1 unspecified atom stereocenters. The van der Waals surface area contributed by atoms with Gasteiger partial charge in [0.15, 0.2) is 11.5 Å². The summed E-state index contributed by atoms with van der Waals surface area (Å²) in [6.45, 7) is 5.01. The predicted octanol–water partition coefficient (Wildman–Crippen LogP) is 3.15. The van der Waals surface area contributed by atoms with Gasteiger partial charge in [-0.2, -0.15) is 0 Å². The van der Waals surface area contributed by atoms with Crippen LogP contribution in [-0.2, 0) is 17.8 Å². The van der Waals surface area contributed by atoms with Gasteiger partial charge in [-0.15, -0.1) is 0 Å². The first-order valence-corrected chi connectivity index (χ1v) is 9.59. The van der Waals surface area contributed by atoms with Gasteiger partial charge in [-0.05, 0) is 23.3 Å². The van der Waals surface area contributed by atoms with E-state index in [1.54, 1.807) is 19.2 Å². The van der Waals surface area contributed by atoms with Crippen LogP contribution < -0.4 is 10.1 Å². The largest absolute Gasteiger partial charge is 0.504 e.